The fourth-order valence-electron chi connectivity index (χ4n) is 2.55. The van der Waals surface area contributed by atoms with Crippen molar-refractivity contribution in [2.75, 3.05) is 0 Å². The minimum Gasteiger partial charge on any atom is -0.488 e. The van der Waals surface area contributed by atoms with Gasteiger partial charge in [0.2, 0.25) is 5.16 Å². The standard InChI is InChI=1S/C21H19ClFN3O3S/c1-2-3-19-24-21(26-25-19)30-18(20(27)28)11-14-10-15(22)6-9-17(14)29-12-13-4-7-16(23)8-5-13/h4-11H,2-3,12H2,1H3,(H,27,28)(H,24,25,26)/b18-11-. The van der Waals surface area contributed by atoms with Crippen molar-refractivity contribution in [2.24, 2.45) is 0 Å². The largest absolute Gasteiger partial charge is 0.488 e. The lowest BCUT2D eigenvalue weighted by Gasteiger charge is -2.11. The minimum atomic E-state index is -1.12. The van der Waals surface area contributed by atoms with Gasteiger partial charge >= 0.3 is 5.97 Å². The van der Waals surface area contributed by atoms with Crippen molar-refractivity contribution < 1.29 is 19.0 Å². The van der Waals surface area contributed by atoms with Crippen LogP contribution in [0.1, 0.15) is 30.3 Å². The van der Waals surface area contributed by atoms with Gasteiger partial charge < -0.3 is 9.84 Å². The van der Waals surface area contributed by atoms with Gasteiger partial charge in [-0.15, -0.1) is 5.10 Å². The monoisotopic (exact) mass is 447 g/mol. The summed E-state index contributed by atoms with van der Waals surface area (Å²) < 4.78 is 18.9. The number of aryl methyl sites for hydroxylation is 1. The van der Waals surface area contributed by atoms with E-state index in [2.05, 4.69) is 15.2 Å². The van der Waals surface area contributed by atoms with E-state index in [-0.39, 0.29) is 17.3 Å². The number of carboxylic acids is 1. The van der Waals surface area contributed by atoms with Crippen molar-refractivity contribution in [2.45, 2.75) is 31.5 Å². The first-order chi connectivity index (χ1) is 14.4. The number of nitrogens with one attached hydrogen (secondary N) is 1. The molecule has 0 saturated heterocycles. The molecule has 2 N–H and O–H groups in total. The molecule has 30 heavy (non-hydrogen) atoms. The maximum Gasteiger partial charge on any atom is 0.342 e. The predicted octanol–water partition coefficient (Wildman–Crippen LogP) is 5.35. The van der Waals surface area contributed by atoms with Crippen LogP contribution < -0.4 is 4.74 Å². The fraction of sp³-hybridized carbons (Fsp3) is 0.190. The number of aromatic amines is 1. The van der Waals surface area contributed by atoms with E-state index in [1.54, 1.807) is 30.3 Å². The Hall–Kier alpha value is -2.84. The van der Waals surface area contributed by atoms with Crippen LogP contribution in [0.3, 0.4) is 0 Å². The Balaban J connectivity index is 1.83. The summed E-state index contributed by atoms with van der Waals surface area (Å²) in [6.07, 6.45) is 3.10. The number of carboxylic acid groups (broad SMARTS) is 1. The molecular formula is C21H19ClFN3O3S. The van der Waals surface area contributed by atoms with Crippen molar-refractivity contribution in [1.82, 2.24) is 15.2 Å². The number of thioether (sulfide) groups is 1. The molecule has 0 atom stereocenters. The summed E-state index contributed by atoms with van der Waals surface area (Å²) in [5.74, 6) is -0.294. The molecular weight excluding hydrogens is 429 g/mol. The fourth-order valence-corrected chi connectivity index (χ4v) is 3.45. The molecule has 0 fully saturated rings. The third-order valence-electron chi connectivity index (χ3n) is 3.98. The van der Waals surface area contributed by atoms with Crippen LogP contribution in [-0.4, -0.2) is 26.3 Å². The minimum absolute atomic E-state index is 0.0194. The van der Waals surface area contributed by atoms with Crippen molar-refractivity contribution in [3.8, 4) is 5.75 Å². The van der Waals surface area contributed by atoms with Crippen LogP contribution in [0.5, 0.6) is 5.75 Å². The van der Waals surface area contributed by atoms with Crippen molar-refractivity contribution in [3.63, 3.8) is 0 Å². The quantitative estimate of drug-likeness (QED) is 0.339. The highest BCUT2D eigenvalue weighted by Gasteiger charge is 2.15. The summed E-state index contributed by atoms with van der Waals surface area (Å²) in [6, 6.07) is 10.9. The number of hydrogen-bond acceptors (Lipinski definition) is 5. The van der Waals surface area contributed by atoms with Crippen molar-refractivity contribution in [1.29, 1.82) is 0 Å². The molecule has 3 rings (SSSR count). The average Bonchev–Trinajstić information content (AvgIpc) is 3.15. The number of aliphatic carboxylic acids is 1. The smallest absolute Gasteiger partial charge is 0.342 e. The van der Waals surface area contributed by atoms with Crippen LogP contribution in [0, 0.1) is 5.82 Å². The highest BCUT2D eigenvalue weighted by atomic mass is 35.5. The van der Waals surface area contributed by atoms with Gasteiger partial charge in [0, 0.05) is 17.0 Å². The Morgan fingerprint density at radius 1 is 1.30 bits per heavy atom. The van der Waals surface area contributed by atoms with Crippen molar-refractivity contribution in [3.05, 3.63) is 75.2 Å². The van der Waals surface area contributed by atoms with E-state index in [4.69, 9.17) is 16.3 Å². The number of aromatic nitrogens is 3. The number of nitrogens with zero attached hydrogens (tertiary/aromatic N) is 2. The van der Waals surface area contributed by atoms with Crippen LogP contribution in [-0.2, 0) is 17.8 Å². The third-order valence-corrected chi connectivity index (χ3v) is 5.09. The number of benzene rings is 2. The number of halogens is 2. The number of ether oxygens (including phenoxy) is 1. The lowest BCUT2D eigenvalue weighted by molar-refractivity contribution is -0.131. The van der Waals surface area contributed by atoms with Gasteiger partial charge in [-0.2, -0.15) is 0 Å². The van der Waals surface area contributed by atoms with Gasteiger partial charge in [0.1, 0.15) is 28.9 Å². The predicted molar refractivity (Wildman–Crippen MR) is 114 cm³/mol. The molecule has 0 radical (unpaired) electrons. The number of rotatable bonds is 9. The Bertz CT molecular complexity index is 1050. The molecule has 2 aromatic carbocycles. The maximum absolute atomic E-state index is 13.1. The average molecular weight is 448 g/mol. The lowest BCUT2D eigenvalue weighted by Crippen LogP contribution is -2.00. The Kier molecular flexibility index (Phi) is 7.48. The summed E-state index contributed by atoms with van der Waals surface area (Å²) in [7, 11) is 0. The van der Waals surface area contributed by atoms with E-state index in [9.17, 15) is 14.3 Å². The summed E-state index contributed by atoms with van der Waals surface area (Å²) in [4.78, 5) is 16.1. The van der Waals surface area contributed by atoms with Gasteiger partial charge in [0.25, 0.3) is 0 Å². The topological polar surface area (TPSA) is 88.1 Å². The second-order valence-corrected chi connectivity index (χ2v) is 7.77. The van der Waals surface area contributed by atoms with Crippen LogP contribution in [0.2, 0.25) is 5.02 Å². The van der Waals surface area contributed by atoms with E-state index >= 15 is 0 Å². The van der Waals surface area contributed by atoms with Crippen LogP contribution in [0.25, 0.3) is 6.08 Å². The number of hydrogen-bond donors (Lipinski definition) is 2. The molecule has 156 valence electrons. The molecule has 3 aromatic rings. The highest BCUT2D eigenvalue weighted by molar-refractivity contribution is 8.04. The van der Waals surface area contributed by atoms with Crippen LogP contribution in [0.4, 0.5) is 4.39 Å². The Morgan fingerprint density at radius 2 is 2.07 bits per heavy atom. The van der Waals surface area contributed by atoms with Gasteiger partial charge in [-0.25, -0.2) is 14.2 Å². The van der Waals surface area contributed by atoms with E-state index in [1.165, 1.54) is 18.2 Å². The van der Waals surface area contributed by atoms with Crippen molar-refractivity contribution >= 4 is 35.4 Å². The van der Waals surface area contributed by atoms with E-state index in [0.29, 0.717) is 27.3 Å². The second kappa shape index (κ2) is 10.3. The molecule has 0 unspecified atom stereocenters. The SMILES string of the molecule is CCCc1nc(S/C(=C\c2cc(Cl)ccc2OCc2ccc(F)cc2)C(=O)O)n[nH]1. The summed E-state index contributed by atoms with van der Waals surface area (Å²) in [6.45, 7) is 2.21. The zero-order chi connectivity index (χ0) is 21.5. The molecule has 6 nitrogen and oxygen atoms in total. The first-order valence-corrected chi connectivity index (χ1v) is 10.3. The summed E-state index contributed by atoms with van der Waals surface area (Å²) in [5.41, 5.74) is 1.28. The molecule has 0 spiro atoms. The Morgan fingerprint density at radius 3 is 2.77 bits per heavy atom. The zero-order valence-corrected chi connectivity index (χ0v) is 17.6. The van der Waals surface area contributed by atoms with Gasteiger partial charge in [-0.3, -0.25) is 5.10 Å². The molecule has 0 aliphatic heterocycles. The number of carbonyl (C=O) groups is 1. The van der Waals surface area contributed by atoms with Gasteiger partial charge in [0.05, 0.1) is 0 Å². The summed E-state index contributed by atoms with van der Waals surface area (Å²) >= 11 is 7.04. The number of H-pyrrole nitrogens is 1. The van der Waals surface area contributed by atoms with Gasteiger partial charge in [-0.05, 0) is 60.2 Å². The van der Waals surface area contributed by atoms with Crippen LogP contribution in [0.15, 0.2) is 52.5 Å². The maximum atomic E-state index is 13.1. The van der Waals surface area contributed by atoms with E-state index < -0.39 is 5.97 Å². The Labute approximate surface area is 182 Å². The molecule has 0 aliphatic rings. The lowest BCUT2D eigenvalue weighted by atomic mass is 10.2. The molecule has 1 aromatic heterocycles. The molecule has 9 heteroatoms. The van der Waals surface area contributed by atoms with Crippen LogP contribution >= 0.6 is 23.4 Å². The van der Waals surface area contributed by atoms with E-state index in [0.717, 1.165) is 30.2 Å². The third kappa shape index (κ3) is 6.08. The first-order valence-electron chi connectivity index (χ1n) is 9.15. The molecule has 0 bridgehead atoms. The normalized spacial score (nSPS) is 11.5. The molecule has 1 heterocycles. The highest BCUT2D eigenvalue weighted by Crippen LogP contribution is 2.31. The first kappa shape index (κ1) is 21.9. The van der Waals surface area contributed by atoms with Gasteiger partial charge in [0.15, 0.2) is 0 Å². The zero-order valence-electron chi connectivity index (χ0n) is 16.1. The van der Waals surface area contributed by atoms with E-state index in [1.807, 2.05) is 6.92 Å². The van der Waals surface area contributed by atoms with Gasteiger partial charge in [-0.1, -0.05) is 30.7 Å². The molecule has 0 saturated carbocycles. The summed E-state index contributed by atoms with van der Waals surface area (Å²) in [5, 5.41) is 17.3. The molecule has 0 amide bonds. The second-order valence-electron chi connectivity index (χ2n) is 6.33. The molecule has 0 aliphatic carbocycles.